The minimum absolute atomic E-state index is 0.820. The molecule has 0 N–H and O–H groups in total. The van der Waals surface area contributed by atoms with Gasteiger partial charge in [0, 0.05) is 24.5 Å². The van der Waals surface area contributed by atoms with Gasteiger partial charge in [-0.2, -0.15) is 0 Å². The van der Waals surface area contributed by atoms with Crippen LogP contribution in [0.2, 0.25) is 0 Å². The normalized spacial score (nSPS) is 27.2. The molecular formula is C19H34N2. The Morgan fingerprint density at radius 3 is 1.19 bits per heavy atom. The van der Waals surface area contributed by atoms with Crippen molar-refractivity contribution in [2.24, 2.45) is 0 Å². The maximum Gasteiger partial charge on any atom is 0.0899 e. The van der Waals surface area contributed by atoms with E-state index in [0.29, 0.717) is 0 Å². The Morgan fingerprint density at radius 2 is 0.810 bits per heavy atom. The predicted molar refractivity (Wildman–Crippen MR) is 89.9 cm³/mol. The van der Waals surface area contributed by atoms with Gasteiger partial charge in [-0.15, -0.1) is 0 Å². The van der Waals surface area contributed by atoms with Crippen molar-refractivity contribution in [1.82, 2.24) is 9.80 Å². The second-order valence-electron chi connectivity index (χ2n) is 7.47. The summed E-state index contributed by atoms with van der Waals surface area (Å²) in [7, 11) is 0. The van der Waals surface area contributed by atoms with E-state index < -0.39 is 0 Å². The van der Waals surface area contributed by atoms with Crippen LogP contribution >= 0.6 is 0 Å². The lowest BCUT2D eigenvalue weighted by Gasteiger charge is -2.34. The Bertz CT molecular complexity index is 280. The molecule has 2 heteroatoms. The summed E-state index contributed by atoms with van der Waals surface area (Å²) in [5, 5.41) is 0. The lowest BCUT2D eigenvalue weighted by molar-refractivity contribution is 0.144. The first-order valence-corrected chi connectivity index (χ1v) is 9.63. The van der Waals surface area contributed by atoms with Gasteiger partial charge in [0.05, 0.1) is 6.67 Å². The lowest BCUT2D eigenvalue weighted by atomic mass is 9.95. The monoisotopic (exact) mass is 290 g/mol. The first-order valence-electron chi connectivity index (χ1n) is 9.63. The van der Waals surface area contributed by atoms with Gasteiger partial charge in [0.25, 0.3) is 0 Å². The third kappa shape index (κ3) is 4.40. The molecular weight excluding hydrogens is 256 g/mol. The summed E-state index contributed by atoms with van der Waals surface area (Å²) in [5.41, 5.74) is 0. The fourth-order valence-electron chi connectivity index (χ4n) is 4.46. The van der Waals surface area contributed by atoms with E-state index in [1.807, 2.05) is 0 Å². The van der Waals surface area contributed by atoms with Gasteiger partial charge in [-0.05, 0) is 25.7 Å². The molecule has 0 atom stereocenters. The predicted octanol–water partition coefficient (Wildman–Crippen LogP) is 5.26. The van der Waals surface area contributed by atoms with Crippen LogP contribution in [0.3, 0.4) is 0 Å². The summed E-state index contributed by atoms with van der Waals surface area (Å²) in [6.45, 7) is 1.18. The molecule has 2 aliphatic carbocycles. The maximum absolute atomic E-state index is 2.66. The molecule has 0 aromatic rings. The van der Waals surface area contributed by atoms with Gasteiger partial charge in [0.2, 0.25) is 0 Å². The van der Waals surface area contributed by atoms with E-state index in [2.05, 4.69) is 22.2 Å². The minimum Gasteiger partial charge on any atom is -0.356 e. The van der Waals surface area contributed by atoms with Crippen LogP contribution in [0.4, 0.5) is 0 Å². The van der Waals surface area contributed by atoms with Gasteiger partial charge in [0.15, 0.2) is 0 Å². The molecule has 2 fully saturated rings. The molecule has 0 aromatic heterocycles. The average molecular weight is 290 g/mol. The van der Waals surface area contributed by atoms with Crippen molar-refractivity contribution in [2.45, 2.75) is 102 Å². The maximum atomic E-state index is 2.66. The van der Waals surface area contributed by atoms with E-state index in [4.69, 9.17) is 0 Å². The standard InChI is InChI=1S/C19H34N2/c1-3-7-11-18(12-8-4-1)20-15-16-21(17-20)19-13-9-5-2-6-10-14-19/h15-16,18-19H,1-14,17H2. The summed E-state index contributed by atoms with van der Waals surface area (Å²) in [5.74, 6) is 0. The van der Waals surface area contributed by atoms with Crippen molar-refractivity contribution in [3.8, 4) is 0 Å². The summed E-state index contributed by atoms with van der Waals surface area (Å²) < 4.78 is 0. The van der Waals surface area contributed by atoms with Crippen LogP contribution in [0, 0.1) is 0 Å². The Labute approximate surface area is 131 Å². The Balaban J connectivity index is 1.50. The molecule has 0 unspecified atom stereocenters. The molecule has 21 heavy (non-hydrogen) atoms. The van der Waals surface area contributed by atoms with Crippen molar-refractivity contribution in [2.75, 3.05) is 6.67 Å². The summed E-state index contributed by atoms with van der Waals surface area (Å²) in [6, 6.07) is 1.64. The van der Waals surface area contributed by atoms with Gasteiger partial charge >= 0.3 is 0 Å². The molecule has 0 aromatic carbocycles. The van der Waals surface area contributed by atoms with Crippen LogP contribution in [0.25, 0.3) is 0 Å². The third-order valence-corrected chi connectivity index (χ3v) is 5.86. The van der Waals surface area contributed by atoms with E-state index in [-0.39, 0.29) is 0 Å². The molecule has 2 saturated carbocycles. The highest BCUT2D eigenvalue weighted by molar-refractivity contribution is 4.97. The highest BCUT2D eigenvalue weighted by Crippen LogP contribution is 2.28. The van der Waals surface area contributed by atoms with Crippen LogP contribution < -0.4 is 0 Å². The number of hydrogen-bond donors (Lipinski definition) is 0. The average Bonchev–Trinajstić information content (AvgIpc) is 2.87. The van der Waals surface area contributed by atoms with Crippen LogP contribution in [0.15, 0.2) is 12.4 Å². The van der Waals surface area contributed by atoms with Gasteiger partial charge in [-0.25, -0.2) is 0 Å². The van der Waals surface area contributed by atoms with E-state index in [0.717, 1.165) is 12.1 Å². The molecule has 1 aliphatic heterocycles. The van der Waals surface area contributed by atoms with Gasteiger partial charge in [0.1, 0.15) is 0 Å². The zero-order valence-corrected chi connectivity index (χ0v) is 13.8. The van der Waals surface area contributed by atoms with Crippen molar-refractivity contribution in [1.29, 1.82) is 0 Å². The Kier molecular flexibility index (Phi) is 5.88. The summed E-state index contributed by atoms with van der Waals surface area (Å²) in [4.78, 5) is 5.31. The Hall–Kier alpha value is -0.660. The van der Waals surface area contributed by atoms with Gasteiger partial charge < -0.3 is 9.80 Å². The van der Waals surface area contributed by atoms with Crippen molar-refractivity contribution in [3.63, 3.8) is 0 Å². The van der Waals surface area contributed by atoms with Crippen molar-refractivity contribution < 1.29 is 0 Å². The fourth-order valence-corrected chi connectivity index (χ4v) is 4.46. The number of nitrogens with zero attached hydrogens (tertiary/aromatic N) is 2. The van der Waals surface area contributed by atoms with Crippen molar-refractivity contribution in [3.05, 3.63) is 12.4 Å². The molecule has 0 radical (unpaired) electrons. The number of hydrogen-bond acceptors (Lipinski definition) is 2. The fraction of sp³-hybridized carbons (Fsp3) is 0.895. The molecule has 1 heterocycles. The highest BCUT2D eigenvalue weighted by atomic mass is 15.4. The summed E-state index contributed by atoms with van der Waals surface area (Å²) >= 11 is 0. The molecule has 0 spiro atoms. The van der Waals surface area contributed by atoms with E-state index in [1.54, 1.807) is 0 Å². The molecule has 0 bridgehead atoms. The topological polar surface area (TPSA) is 6.48 Å². The van der Waals surface area contributed by atoms with Crippen LogP contribution in [-0.4, -0.2) is 28.6 Å². The molecule has 3 aliphatic rings. The largest absolute Gasteiger partial charge is 0.356 e. The SMILES string of the molecule is C1=CN(C2CCCCCCC2)CN1C1CCCCCCC1. The first kappa shape index (κ1) is 15.2. The zero-order valence-electron chi connectivity index (χ0n) is 13.8. The van der Waals surface area contributed by atoms with E-state index >= 15 is 0 Å². The molecule has 0 saturated heterocycles. The second kappa shape index (κ2) is 8.10. The molecule has 2 nitrogen and oxygen atoms in total. The Morgan fingerprint density at radius 1 is 0.476 bits per heavy atom. The lowest BCUT2D eigenvalue weighted by Crippen LogP contribution is -2.38. The molecule has 120 valence electrons. The summed E-state index contributed by atoms with van der Waals surface area (Å²) in [6.07, 6.45) is 25.0. The number of rotatable bonds is 2. The van der Waals surface area contributed by atoms with Gasteiger partial charge in [-0.1, -0.05) is 64.2 Å². The first-order chi connectivity index (χ1) is 10.4. The zero-order chi connectivity index (χ0) is 14.3. The highest BCUT2D eigenvalue weighted by Gasteiger charge is 2.25. The quantitative estimate of drug-likeness (QED) is 0.684. The minimum atomic E-state index is 0.820. The molecule has 0 amide bonds. The van der Waals surface area contributed by atoms with Crippen molar-refractivity contribution >= 4 is 0 Å². The second-order valence-corrected chi connectivity index (χ2v) is 7.47. The van der Waals surface area contributed by atoms with Crippen LogP contribution in [-0.2, 0) is 0 Å². The van der Waals surface area contributed by atoms with E-state index in [1.165, 1.54) is 96.6 Å². The van der Waals surface area contributed by atoms with Gasteiger partial charge in [-0.3, -0.25) is 0 Å². The molecule has 3 rings (SSSR count). The third-order valence-electron chi connectivity index (χ3n) is 5.86. The van der Waals surface area contributed by atoms with Crippen LogP contribution in [0.5, 0.6) is 0 Å². The van der Waals surface area contributed by atoms with Crippen LogP contribution in [0.1, 0.15) is 89.9 Å². The smallest absolute Gasteiger partial charge is 0.0899 e. The van der Waals surface area contributed by atoms with E-state index in [9.17, 15) is 0 Å².